The molecule has 0 aliphatic carbocycles. The van der Waals surface area contributed by atoms with Crippen LogP contribution in [0.15, 0.2) is 63.6 Å². The van der Waals surface area contributed by atoms with Gasteiger partial charge >= 0.3 is 0 Å². The number of aryl methyl sites for hydroxylation is 2. The van der Waals surface area contributed by atoms with Crippen LogP contribution in [0.2, 0.25) is 0 Å². The molecule has 160 valence electrons. The number of hydrogen-bond acceptors (Lipinski definition) is 7. The second-order valence-corrected chi connectivity index (χ2v) is 10.6. The number of hydrogen-bond donors (Lipinski definition) is 1. The molecule has 3 aromatic heterocycles. The van der Waals surface area contributed by atoms with Gasteiger partial charge in [0.1, 0.15) is 10.7 Å². The van der Waals surface area contributed by atoms with E-state index in [4.69, 9.17) is 0 Å². The van der Waals surface area contributed by atoms with E-state index < -0.39 is 10.0 Å². The summed E-state index contributed by atoms with van der Waals surface area (Å²) in [7, 11) is -3.65. The Bertz CT molecular complexity index is 1360. The lowest BCUT2D eigenvalue weighted by molar-refractivity contribution is 0.549. The van der Waals surface area contributed by atoms with Crippen LogP contribution in [-0.4, -0.2) is 29.7 Å². The Morgan fingerprint density at radius 2 is 1.84 bits per heavy atom. The van der Waals surface area contributed by atoms with Crippen molar-refractivity contribution < 1.29 is 8.42 Å². The monoisotopic (exact) mass is 472 g/mol. The van der Waals surface area contributed by atoms with Crippen LogP contribution in [0.3, 0.4) is 0 Å². The van der Waals surface area contributed by atoms with Gasteiger partial charge < -0.3 is 0 Å². The van der Waals surface area contributed by atoms with E-state index in [-0.39, 0.29) is 23.5 Å². The third kappa shape index (κ3) is 4.82. The standard InChI is InChI=1S/C21H20N4O3S3/c1-14-5-7-16(8-6-14)31(27,28)22-11-12-25-19(26)10-9-17(24-25)20-15(2)23-21(30-20)18-4-3-13-29-18/h3-10,13,22H,11-12H2,1-2H3. The Hall–Kier alpha value is -2.66. The molecule has 0 saturated heterocycles. The predicted octanol–water partition coefficient (Wildman–Crippen LogP) is 3.69. The van der Waals surface area contributed by atoms with E-state index in [0.29, 0.717) is 5.69 Å². The third-order valence-corrected chi connectivity index (χ3v) is 8.27. The van der Waals surface area contributed by atoms with Gasteiger partial charge in [0.2, 0.25) is 10.0 Å². The van der Waals surface area contributed by atoms with Gasteiger partial charge in [0, 0.05) is 12.6 Å². The van der Waals surface area contributed by atoms with Crippen molar-refractivity contribution in [3.63, 3.8) is 0 Å². The van der Waals surface area contributed by atoms with Crippen molar-refractivity contribution in [3.8, 4) is 20.5 Å². The Kier molecular flexibility index (Phi) is 6.15. The molecule has 31 heavy (non-hydrogen) atoms. The topological polar surface area (TPSA) is 93.9 Å². The van der Waals surface area contributed by atoms with Gasteiger partial charge in [-0.05, 0) is 43.5 Å². The summed E-state index contributed by atoms with van der Waals surface area (Å²) in [5.41, 5.74) is 2.16. The van der Waals surface area contributed by atoms with Crippen LogP contribution in [0.5, 0.6) is 0 Å². The molecule has 3 heterocycles. The van der Waals surface area contributed by atoms with Crippen LogP contribution in [-0.2, 0) is 16.6 Å². The van der Waals surface area contributed by atoms with Crippen molar-refractivity contribution in [1.82, 2.24) is 19.5 Å². The third-order valence-electron chi connectivity index (χ3n) is 4.57. The van der Waals surface area contributed by atoms with Gasteiger partial charge in [-0.3, -0.25) is 4.79 Å². The van der Waals surface area contributed by atoms with Crippen LogP contribution < -0.4 is 10.3 Å². The first-order valence-corrected chi connectivity index (χ1v) is 12.7. The first-order valence-electron chi connectivity index (χ1n) is 9.50. The number of benzene rings is 1. The van der Waals surface area contributed by atoms with E-state index in [0.717, 1.165) is 26.0 Å². The smallest absolute Gasteiger partial charge is 0.266 e. The quantitative estimate of drug-likeness (QED) is 0.443. The van der Waals surface area contributed by atoms with Gasteiger partial charge in [-0.1, -0.05) is 23.8 Å². The molecule has 0 aliphatic rings. The highest BCUT2D eigenvalue weighted by Gasteiger charge is 2.16. The summed E-state index contributed by atoms with van der Waals surface area (Å²) in [5, 5.41) is 7.36. The minimum absolute atomic E-state index is 0.0503. The van der Waals surface area contributed by atoms with Crippen molar-refractivity contribution >= 4 is 32.7 Å². The zero-order chi connectivity index (χ0) is 22.0. The molecule has 0 spiro atoms. The average Bonchev–Trinajstić information content (AvgIpc) is 3.39. The highest BCUT2D eigenvalue weighted by atomic mass is 32.2. The normalized spacial score (nSPS) is 11.7. The van der Waals surface area contributed by atoms with E-state index in [2.05, 4.69) is 14.8 Å². The van der Waals surface area contributed by atoms with Gasteiger partial charge in [-0.2, -0.15) is 5.10 Å². The molecule has 1 N–H and O–H groups in total. The van der Waals surface area contributed by atoms with Gasteiger partial charge in [0.05, 0.1) is 26.9 Å². The van der Waals surface area contributed by atoms with E-state index >= 15 is 0 Å². The minimum atomic E-state index is -3.65. The second kappa shape index (κ2) is 8.83. The Morgan fingerprint density at radius 1 is 1.06 bits per heavy atom. The van der Waals surface area contributed by atoms with Crippen molar-refractivity contribution in [2.24, 2.45) is 0 Å². The van der Waals surface area contributed by atoms with Crippen LogP contribution in [0.1, 0.15) is 11.3 Å². The molecular formula is C21H20N4O3S3. The van der Waals surface area contributed by atoms with E-state index in [1.54, 1.807) is 41.7 Å². The first-order chi connectivity index (χ1) is 14.8. The Morgan fingerprint density at radius 3 is 2.55 bits per heavy atom. The Labute approximate surface area is 188 Å². The largest absolute Gasteiger partial charge is 0.268 e. The van der Waals surface area contributed by atoms with Crippen molar-refractivity contribution in [2.75, 3.05) is 6.54 Å². The molecule has 7 nitrogen and oxygen atoms in total. The van der Waals surface area contributed by atoms with E-state index in [9.17, 15) is 13.2 Å². The van der Waals surface area contributed by atoms with Crippen molar-refractivity contribution in [3.05, 3.63) is 75.5 Å². The molecular weight excluding hydrogens is 452 g/mol. The maximum absolute atomic E-state index is 12.4. The summed E-state index contributed by atoms with van der Waals surface area (Å²) in [4.78, 5) is 19.0. The zero-order valence-corrected chi connectivity index (χ0v) is 19.4. The number of thiazole rings is 1. The number of thiophene rings is 1. The number of rotatable bonds is 7. The van der Waals surface area contributed by atoms with Gasteiger partial charge in [-0.25, -0.2) is 22.8 Å². The summed E-state index contributed by atoms with van der Waals surface area (Å²) in [6.45, 7) is 3.97. The number of aromatic nitrogens is 3. The SMILES string of the molecule is Cc1ccc(S(=O)(=O)NCCn2nc(-c3sc(-c4cccs4)nc3C)ccc2=O)cc1. The molecule has 0 unspecified atom stereocenters. The predicted molar refractivity (Wildman–Crippen MR) is 124 cm³/mol. The average molecular weight is 473 g/mol. The number of nitrogens with zero attached hydrogens (tertiary/aromatic N) is 3. The summed E-state index contributed by atoms with van der Waals surface area (Å²) >= 11 is 3.14. The Balaban J connectivity index is 1.51. The molecule has 10 heteroatoms. The molecule has 0 bridgehead atoms. The minimum Gasteiger partial charge on any atom is -0.268 e. The molecule has 0 radical (unpaired) electrons. The van der Waals surface area contributed by atoms with Crippen LogP contribution in [0, 0.1) is 13.8 Å². The highest BCUT2D eigenvalue weighted by Crippen LogP contribution is 2.35. The van der Waals surface area contributed by atoms with Crippen molar-refractivity contribution in [1.29, 1.82) is 0 Å². The van der Waals surface area contributed by atoms with E-state index in [1.165, 1.54) is 22.1 Å². The van der Waals surface area contributed by atoms with Crippen LogP contribution >= 0.6 is 22.7 Å². The maximum Gasteiger partial charge on any atom is 0.266 e. The molecule has 0 atom stereocenters. The number of nitrogens with one attached hydrogen (secondary N) is 1. The fourth-order valence-electron chi connectivity index (χ4n) is 2.96. The lowest BCUT2D eigenvalue weighted by Gasteiger charge is -2.09. The van der Waals surface area contributed by atoms with Gasteiger partial charge in [0.25, 0.3) is 5.56 Å². The molecule has 0 aliphatic heterocycles. The highest BCUT2D eigenvalue weighted by molar-refractivity contribution is 7.89. The molecule has 0 fully saturated rings. The molecule has 0 amide bonds. The molecule has 4 aromatic rings. The van der Waals surface area contributed by atoms with Gasteiger partial charge in [-0.15, -0.1) is 22.7 Å². The van der Waals surface area contributed by atoms with Crippen LogP contribution in [0.4, 0.5) is 0 Å². The summed E-state index contributed by atoms with van der Waals surface area (Å²) in [6.07, 6.45) is 0. The lowest BCUT2D eigenvalue weighted by atomic mass is 10.2. The molecule has 1 aromatic carbocycles. The number of sulfonamides is 1. The summed E-state index contributed by atoms with van der Waals surface area (Å²) < 4.78 is 28.7. The second-order valence-electron chi connectivity index (χ2n) is 6.90. The molecule has 0 saturated carbocycles. The first kappa shape index (κ1) is 21.6. The fraction of sp³-hybridized carbons (Fsp3) is 0.190. The van der Waals surface area contributed by atoms with Gasteiger partial charge in [0.15, 0.2) is 0 Å². The molecule has 4 rings (SSSR count). The summed E-state index contributed by atoms with van der Waals surface area (Å²) in [6, 6.07) is 13.7. The van der Waals surface area contributed by atoms with E-state index in [1.807, 2.05) is 31.4 Å². The summed E-state index contributed by atoms with van der Waals surface area (Å²) in [5.74, 6) is 0. The zero-order valence-electron chi connectivity index (χ0n) is 16.9. The fourth-order valence-corrected chi connectivity index (χ4v) is 5.81. The van der Waals surface area contributed by atoms with Crippen molar-refractivity contribution in [2.45, 2.75) is 25.3 Å². The maximum atomic E-state index is 12.4. The lowest BCUT2D eigenvalue weighted by Crippen LogP contribution is -2.32. The van der Waals surface area contributed by atoms with Crippen LogP contribution in [0.25, 0.3) is 20.5 Å².